The summed E-state index contributed by atoms with van der Waals surface area (Å²) in [6.07, 6.45) is -3.30. The van der Waals surface area contributed by atoms with E-state index in [1.54, 1.807) is 6.92 Å². The molecular weight excluding hydrogens is 485 g/mol. The molecule has 2 aliphatic rings. The average Bonchev–Trinajstić information content (AvgIpc) is 3.23. The number of benzene rings is 1. The van der Waals surface area contributed by atoms with Crippen LogP contribution in [0.25, 0.3) is 0 Å². The van der Waals surface area contributed by atoms with Gasteiger partial charge in [-0.25, -0.2) is 0 Å². The molecule has 1 aromatic rings. The Labute approximate surface area is 205 Å². The minimum Gasteiger partial charge on any atom is -0.493 e. The normalized spacial score (nSPS) is 22.8. The monoisotopic (exact) mass is 512 g/mol. The third kappa shape index (κ3) is 5.54. The number of ether oxygens (including phenoxy) is 2. The molecule has 0 bridgehead atoms. The van der Waals surface area contributed by atoms with Crippen LogP contribution in [0.15, 0.2) is 35.9 Å². The van der Waals surface area contributed by atoms with E-state index in [4.69, 9.17) is 14.6 Å². The quantitative estimate of drug-likeness (QED) is 0.338. The Morgan fingerprint density at radius 2 is 2.03 bits per heavy atom. The lowest BCUT2D eigenvalue weighted by molar-refractivity contribution is -0.167. The fourth-order valence-corrected chi connectivity index (χ4v) is 4.40. The lowest BCUT2D eigenvalue weighted by Gasteiger charge is -2.40. The molecule has 36 heavy (non-hydrogen) atoms. The first-order valence-corrected chi connectivity index (χ1v) is 11.2. The summed E-state index contributed by atoms with van der Waals surface area (Å²) in [6, 6.07) is 1.26. The number of rotatable bonds is 9. The van der Waals surface area contributed by atoms with E-state index in [1.165, 1.54) is 25.3 Å². The number of fused-ring (bicyclic) bond motifs is 3. The van der Waals surface area contributed by atoms with E-state index in [1.807, 2.05) is 0 Å². The Kier molecular flexibility index (Phi) is 8.41. The van der Waals surface area contributed by atoms with Gasteiger partial charge in [0.25, 0.3) is 0 Å². The maximum absolute atomic E-state index is 13.4. The van der Waals surface area contributed by atoms with E-state index in [2.05, 4.69) is 5.32 Å². The summed E-state index contributed by atoms with van der Waals surface area (Å²) >= 11 is 0. The van der Waals surface area contributed by atoms with Gasteiger partial charge in [-0.15, -0.1) is 0 Å². The van der Waals surface area contributed by atoms with Crippen molar-refractivity contribution in [3.8, 4) is 11.5 Å². The predicted molar refractivity (Wildman–Crippen MR) is 121 cm³/mol. The zero-order chi connectivity index (χ0) is 26.6. The highest BCUT2D eigenvalue weighted by Gasteiger charge is 2.52. The molecule has 4 atom stereocenters. The molecule has 2 amide bonds. The van der Waals surface area contributed by atoms with E-state index in [9.17, 15) is 32.7 Å². The average molecular weight is 512 g/mol. The number of hydrogen-bond acceptors (Lipinski definition) is 7. The Morgan fingerprint density at radius 3 is 2.61 bits per heavy atom. The van der Waals surface area contributed by atoms with Gasteiger partial charge in [-0.2, -0.15) is 13.2 Å². The number of nitrogens with zero attached hydrogens (tertiary/aromatic N) is 1. The van der Waals surface area contributed by atoms with Crippen molar-refractivity contribution in [1.29, 1.82) is 0 Å². The number of nitrogens with one attached hydrogen (secondary N) is 1. The van der Waals surface area contributed by atoms with E-state index in [-0.39, 0.29) is 29.2 Å². The van der Waals surface area contributed by atoms with Gasteiger partial charge in [-0.05, 0) is 30.7 Å². The molecule has 1 aliphatic carbocycles. The van der Waals surface area contributed by atoms with Crippen LogP contribution in [-0.4, -0.2) is 84.4 Å². The third-order valence-electron chi connectivity index (χ3n) is 5.90. The number of hydrogen-bond donors (Lipinski definition) is 3. The van der Waals surface area contributed by atoms with Crippen LogP contribution >= 0.6 is 0 Å². The maximum Gasteiger partial charge on any atom is 0.406 e. The Balaban J connectivity index is 2.16. The maximum atomic E-state index is 13.4. The zero-order valence-corrected chi connectivity index (χ0v) is 19.6. The molecule has 0 fully saturated rings. The number of carbonyl (C=O) groups excluding carboxylic acids is 3. The topological polar surface area (TPSA) is 125 Å². The standard InChI is InChI=1S/C24H27F3N2O7/c1-3-4-5-18(32)29(12-24(25,26)27)16-10-15(23(34)28-6-7-30)19-14-8-13(11-31)9-17(35-2)21(14)36-22(19)20(16)33/h4-5,8-11,16,19-20,22,30,33H,3,6-7,12H2,1-2H3,(H,28,34). The second-order valence-corrected chi connectivity index (χ2v) is 8.29. The van der Waals surface area contributed by atoms with E-state index in [0.29, 0.717) is 23.2 Å². The van der Waals surface area contributed by atoms with Crippen LogP contribution in [0.5, 0.6) is 11.5 Å². The molecule has 1 aromatic carbocycles. The molecule has 0 saturated carbocycles. The van der Waals surface area contributed by atoms with Crippen molar-refractivity contribution in [3.05, 3.63) is 47.1 Å². The summed E-state index contributed by atoms with van der Waals surface area (Å²) in [5, 5.41) is 22.8. The summed E-state index contributed by atoms with van der Waals surface area (Å²) in [4.78, 5) is 37.7. The lowest BCUT2D eigenvalue weighted by Crippen LogP contribution is -2.57. The number of carbonyl (C=O) groups is 3. The number of allylic oxidation sites excluding steroid dienone is 1. The van der Waals surface area contributed by atoms with Crippen molar-refractivity contribution >= 4 is 18.1 Å². The first-order chi connectivity index (χ1) is 17.1. The molecule has 1 heterocycles. The van der Waals surface area contributed by atoms with Crippen molar-refractivity contribution in [2.45, 2.75) is 43.7 Å². The number of methoxy groups -OCH3 is 1. The molecule has 3 rings (SSSR count). The van der Waals surface area contributed by atoms with Crippen LogP contribution in [-0.2, 0) is 9.59 Å². The van der Waals surface area contributed by atoms with Gasteiger partial charge in [0.2, 0.25) is 11.8 Å². The van der Waals surface area contributed by atoms with E-state index in [0.717, 1.165) is 12.2 Å². The van der Waals surface area contributed by atoms with E-state index >= 15 is 0 Å². The number of amides is 2. The van der Waals surface area contributed by atoms with Gasteiger partial charge in [0.15, 0.2) is 11.5 Å². The van der Waals surface area contributed by atoms with Gasteiger partial charge in [-0.3, -0.25) is 14.4 Å². The summed E-state index contributed by atoms with van der Waals surface area (Å²) < 4.78 is 51.5. The molecule has 0 aromatic heterocycles. The molecule has 3 N–H and O–H groups in total. The van der Waals surface area contributed by atoms with E-state index < -0.39 is 55.3 Å². The second-order valence-electron chi connectivity index (χ2n) is 8.29. The molecule has 196 valence electrons. The van der Waals surface area contributed by atoms with Crippen molar-refractivity contribution in [2.75, 3.05) is 26.8 Å². The number of halogens is 3. The molecule has 9 nitrogen and oxygen atoms in total. The first-order valence-electron chi connectivity index (χ1n) is 11.2. The fraction of sp³-hybridized carbons (Fsp3) is 0.458. The van der Waals surface area contributed by atoms with Crippen molar-refractivity contribution in [3.63, 3.8) is 0 Å². The Bertz CT molecular complexity index is 1070. The summed E-state index contributed by atoms with van der Waals surface area (Å²) in [6.45, 7) is -0.509. The molecular formula is C24H27F3N2O7. The largest absolute Gasteiger partial charge is 0.493 e. The van der Waals surface area contributed by atoms with Crippen LogP contribution in [0, 0.1) is 0 Å². The van der Waals surface area contributed by atoms with Crippen LogP contribution < -0.4 is 14.8 Å². The number of aldehydes is 1. The number of aliphatic hydroxyl groups is 2. The van der Waals surface area contributed by atoms with Crippen molar-refractivity contribution in [1.82, 2.24) is 10.2 Å². The SMILES string of the molecule is CCC=CC(=O)N(CC(F)(F)F)C1C=C(C(=O)NCCO)C2c3cc(C=O)cc(OC)c3OC2C1O. The van der Waals surface area contributed by atoms with Gasteiger partial charge < -0.3 is 29.9 Å². The molecule has 0 radical (unpaired) electrons. The minimum atomic E-state index is -4.79. The number of alkyl halides is 3. The summed E-state index contributed by atoms with van der Waals surface area (Å²) in [7, 11) is 1.32. The van der Waals surface area contributed by atoms with Gasteiger partial charge in [0.05, 0.1) is 25.7 Å². The fourth-order valence-electron chi connectivity index (χ4n) is 4.40. The van der Waals surface area contributed by atoms with Gasteiger partial charge in [0.1, 0.15) is 25.0 Å². The van der Waals surface area contributed by atoms with Crippen LogP contribution in [0.2, 0.25) is 0 Å². The summed E-state index contributed by atoms with van der Waals surface area (Å²) in [5.41, 5.74) is 0.441. The minimum absolute atomic E-state index is 0.0768. The highest BCUT2D eigenvalue weighted by atomic mass is 19.4. The van der Waals surface area contributed by atoms with Crippen molar-refractivity contribution in [2.24, 2.45) is 0 Å². The Morgan fingerprint density at radius 1 is 1.31 bits per heavy atom. The zero-order valence-electron chi connectivity index (χ0n) is 19.6. The molecule has 1 aliphatic heterocycles. The molecule has 0 spiro atoms. The second kappa shape index (κ2) is 11.1. The van der Waals surface area contributed by atoms with Crippen LogP contribution in [0.1, 0.15) is 35.2 Å². The predicted octanol–water partition coefficient (Wildman–Crippen LogP) is 1.49. The van der Waals surface area contributed by atoms with Crippen LogP contribution in [0.4, 0.5) is 13.2 Å². The van der Waals surface area contributed by atoms with Crippen LogP contribution in [0.3, 0.4) is 0 Å². The van der Waals surface area contributed by atoms with Gasteiger partial charge in [-0.1, -0.05) is 13.0 Å². The molecule has 0 saturated heterocycles. The third-order valence-corrected chi connectivity index (χ3v) is 5.90. The Hall–Kier alpha value is -3.38. The van der Waals surface area contributed by atoms with Gasteiger partial charge in [0, 0.05) is 23.2 Å². The molecule has 4 unspecified atom stereocenters. The smallest absolute Gasteiger partial charge is 0.406 e. The molecule has 12 heteroatoms. The lowest BCUT2D eigenvalue weighted by atomic mass is 9.77. The first kappa shape index (κ1) is 27.2. The van der Waals surface area contributed by atoms with Gasteiger partial charge >= 0.3 is 6.18 Å². The highest BCUT2D eigenvalue weighted by Crippen LogP contribution is 2.51. The number of aliphatic hydroxyl groups excluding tert-OH is 2. The van der Waals surface area contributed by atoms with Crippen molar-refractivity contribution < 1.29 is 47.2 Å². The summed E-state index contributed by atoms with van der Waals surface area (Å²) in [5.74, 6) is -2.45. The highest BCUT2D eigenvalue weighted by molar-refractivity contribution is 5.97.